The highest BCUT2D eigenvalue weighted by molar-refractivity contribution is 14.1. The van der Waals surface area contributed by atoms with Crippen molar-refractivity contribution >= 4 is 43.8 Å². The van der Waals surface area contributed by atoms with Crippen LogP contribution in [-0.2, 0) is 9.84 Å². The summed E-state index contributed by atoms with van der Waals surface area (Å²) in [5.74, 6) is 0.979. The van der Waals surface area contributed by atoms with Crippen molar-refractivity contribution < 1.29 is 13.2 Å². The summed E-state index contributed by atoms with van der Waals surface area (Å²) >= 11 is 2.21. The molecule has 0 amide bonds. The molecule has 0 aliphatic carbocycles. The highest BCUT2D eigenvalue weighted by atomic mass is 127. The van der Waals surface area contributed by atoms with Crippen LogP contribution in [0.1, 0.15) is 27.2 Å². The average molecular weight is 499 g/mol. The Morgan fingerprint density at radius 2 is 1.89 bits per heavy atom. The lowest BCUT2D eigenvalue weighted by Gasteiger charge is -2.39. The molecular formula is C21H26INO3S. The molecule has 2 aromatic rings. The Morgan fingerprint density at radius 3 is 2.44 bits per heavy atom. The SMILES string of the molecule is CCC1(C(C)C)CN(c2ccccc2)c2cc(I)c(OC)cc2S(=O)(=O)C1. The maximum absolute atomic E-state index is 13.4. The van der Waals surface area contributed by atoms with E-state index in [0.717, 1.165) is 21.4 Å². The van der Waals surface area contributed by atoms with Crippen molar-refractivity contribution in [2.75, 3.05) is 24.3 Å². The van der Waals surface area contributed by atoms with E-state index in [1.807, 2.05) is 36.4 Å². The summed E-state index contributed by atoms with van der Waals surface area (Å²) in [7, 11) is -1.88. The molecule has 27 heavy (non-hydrogen) atoms. The molecule has 0 bridgehead atoms. The third-order valence-electron chi connectivity index (χ3n) is 5.81. The number of halogens is 1. The van der Waals surface area contributed by atoms with Crippen molar-refractivity contribution in [3.63, 3.8) is 0 Å². The Kier molecular flexibility index (Phi) is 5.77. The Balaban J connectivity index is 2.32. The molecule has 4 nitrogen and oxygen atoms in total. The summed E-state index contributed by atoms with van der Waals surface area (Å²) in [5, 5.41) is 0. The number of hydrogen-bond donors (Lipinski definition) is 0. The smallest absolute Gasteiger partial charge is 0.181 e. The maximum Gasteiger partial charge on any atom is 0.181 e. The molecule has 0 aromatic heterocycles. The Bertz CT molecular complexity index is 928. The van der Waals surface area contributed by atoms with Crippen molar-refractivity contribution in [3.8, 4) is 5.75 Å². The van der Waals surface area contributed by atoms with Crippen LogP contribution in [0.15, 0.2) is 47.4 Å². The quantitative estimate of drug-likeness (QED) is 0.538. The van der Waals surface area contributed by atoms with E-state index in [4.69, 9.17) is 4.74 Å². The van der Waals surface area contributed by atoms with Crippen molar-refractivity contribution in [2.24, 2.45) is 11.3 Å². The second kappa shape index (κ2) is 7.62. The van der Waals surface area contributed by atoms with Crippen LogP contribution in [0.2, 0.25) is 0 Å². The molecule has 0 spiro atoms. The Hall–Kier alpha value is -1.28. The fraction of sp³-hybridized carbons (Fsp3) is 0.429. The molecule has 3 rings (SSSR count). The van der Waals surface area contributed by atoms with Crippen molar-refractivity contribution in [3.05, 3.63) is 46.0 Å². The van der Waals surface area contributed by atoms with Gasteiger partial charge in [-0.3, -0.25) is 0 Å². The normalized spacial score (nSPS) is 21.6. The summed E-state index contributed by atoms with van der Waals surface area (Å²) in [4.78, 5) is 2.53. The van der Waals surface area contributed by atoms with E-state index < -0.39 is 9.84 Å². The Morgan fingerprint density at radius 1 is 1.22 bits per heavy atom. The van der Waals surface area contributed by atoms with Crippen LogP contribution in [0.3, 0.4) is 0 Å². The van der Waals surface area contributed by atoms with Gasteiger partial charge < -0.3 is 9.64 Å². The van der Waals surface area contributed by atoms with Gasteiger partial charge in [-0.05, 0) is 53.1 Å². The van der Waals surface area contributed by atoms with Gasteiger partial charge in [0, 0.05) is 23.7 Å². The first kappa shape index (κ1) is 20.5. The van der Waals surface area contributed by atoms with Crippen molar-refractivity contribution in [1.29, 1.82) is 0 Å². The van der Waals surface area contributed by atoms with Gasteiger partial charge in [-0.25, -0.2) is 8.42 Å². The van der Waals surface area contributed by atoms with Crippen molar-refractivity contribution in [1.82, 2.24) is 0 Å². The molecule has 0 saturated carbocycles. The molecular weight excluding hydrogens is 473 g/mol. The number of sulfone groups is 1. The largest absolute Gasteiger partial charge is 0.496 e. The number of fused-ring (bicyclic) bond motifs is 1. The maximum atomic E-state index is 13.4. The van der Waals surface area contributed by atoms with Crippen LogP contribution in [0.4, 0.5) is 11.4 Å². The molecule has 146 valence electrons. The topological polar surface area (TPSA) is 46.6 Å². The minimum absolute atomic E-state index is 0.147. The number of para-hydroxylation sites is 1. The third kappa shape index (κ3) is 3.70. The zero-order valence-corrected chi connectivity index (χ0v) is 19.2. The number of anilines is 2. The number of ether oxygens (including phenoxy) is 1. The first-order chi connectivity index (χ1) is 12.7. The lowest BCUT2D eigenvalue weighted by molar-refractivity contribution is 0.224. The minimum atomic E-state index is -3.46. The fourth-order valence-electron chi connectivity index (χ4n) is 3.85. The van der Waals surface area contributed by atoms with Gasteiger partial charge in [-0.1, -0.05) is 39.0 Å². The van der Waals surface area contributed by atoms with E-state index in [1.54, 1.807) is 13.2 Å². The first-order valence-electron chi connectivity index (χ1n) is 9.17. The van der Waals surface area contributed by atoms with Crippen LogP contribution in [-0.4, -0.2) is 27.8 Å². The van der Waals surface area contributed by atoms with Crippen LogP contribution in [0.5, 0.6) is 5.75 Å². The summed E-state index contributed by atoms with van der Waals surface area (Å²) in [5.41, 5.74) is 1.42. The monoisotopic (exact) mass is 499 g/mol. The van der Waals surface area contributed by atoms with Crippen LogP contribution in [0, 0.1) is 14.9 Å². The first-order valence-corrected chi connectivity index (χ1v) is 11.9. The second-order valence-electron chi connectivity index (χ2n) is 7.51. The molecule has 1 aliphatic rings. The van der Waals surface area contributed by atoms with Gasteiger partial charge >= 0.3 is 0 Å². The van der Waals surface area contributed by atoms with E-state index in [-0.39, 0.29) is 17.1 Å². The van der Waals surface area contributed by atoms with Gasteiger partial charge in [0.15, 0.2) is 9.84 Å². The lowest BCUT2D eigenvalue weighted by Crippen LogP contribution is -2.41. The molecule has 0 saturated heterocycles. The number of hydrogen-bond acceptors (Lipinski definition) is 4. The van der Waals surface area contributed by atoms with E-state index >= 15 is 0 Å². The van der Waals surface area contributed by atoms with Gasteiger partial charge in [0.25, 0.3) is 0 Å². The minimum Gasteiger partial charge on any atom is -0.496 e. The van der Waals surface area contributed by atoms with E-state index in [9.17, 15) is 8.42 Å². The molecule has 0 N–H and O–H groups in total. The average Bonchev–Trinajstić information content (AvgIpc) is 2.74. The number of benzene rings is 2. The molecule has 6 heteroatoms. The van der Waals surface area contributed by atoms with Crippen molar-refractivity contribution in [2.45, 2.75) is 32.1 Å². The van der Waals surface area contributed by atoms with E-state index in [0.29, 0.717) is 17.2 Å². The summed E-state index contributed by atoms with van der Waals surface area (Å²) in [6, 6.07) is 13.7. The Labute approximate surface area is 176 Å². The lowest BCUT2D eigenvalue weighted by atomic mass is 9.76. The third-order valence-corrected chi connectivity index (χ3v) is 8.60. The van der Waals surface area contributed by atoms with Crippen LogP contribution in [0.25, 0.3) is 0 Å². The van der Waals surface area contributed by atoms with E-state index in [2.05, 4.69) is 48.3 Å². The van der Waals surface area contributed by atoms with E-state index in [1.165, 1.54) is 0 Å². The zero-order chi connectivity index (χ0) is 19.8. The van der Waals surface area contributed by atoms with Gasteiger partial charge in [0.2, 0.25) is 0 Å². The number of rotatable bonds is 4. The summed E-state index contributed by atoms with van der Waals surface area (Å²) in [6.07, 6.45) is 0.801. The molecule has 2 aromatic carbocycles. The highest BCUT2D eigenvalue weighted by Gasteiger charge is 2.44. The van der Waals surface area contributed by atoms with Gasteiger partial charge in [-0.2, -0.15) is 0 Å². The predicted octanol–water partition coefficient (Wildman–Crippen LogP) is 5.28. The fourth-order valence-corrected chi connectivity index (χ4v) is 6.84. The molecule has 1 heterocycles. The number of nitrogens with zero attached hydrogens (tertiary/aromatic N) is 1. The summed E-state index contributed by atoms with van der Waals surface area (Å²) < 4.78 is 33.2. The zero-order valence-electron chi connectivity index (χ0n) is 16.2. The number of methoxy groups -OCH3 is 1. The van der Waals surface area contributed by atoms with Crippen LogP contribution >= 0.6 is 22.6 Å². The summed E-state index contributed by atoms with van der Waals surface area (Å²) in [6.45, 7) is 7.02. The second-order valence-corrected chi connectivity index (χ2v) is 10.6. The molecule has 1 atom stereocenters. The van der Waals surface area contributed by atoms with Gasteiger partial charge in [0.05, 0.1) is 27.0 Å². The molecule has 1 aliphatic heterocycles. The highest BCUT2D eigenvalue weighted by Crippen LogP contribution is 2.46. The standard InChI is InChI=1S/C21H26INO3S/c1-5-21(15(2)3)13-23(16-9-7-6-8-10-16)18-11-17(22)19(26-4)12-20(18)27(24,25)14-21/h6-12,15H,5,13-14H2,1-4H3. The molecule has 0 radical (unpaired) electrons. The van der Waals surface area contributed by atoms with Crippen LogP contribution < -0.4 is 9.64 Å². The van der Waals surface area contributed by atoms with Gasteiger partial charge in [-0.15, -0.1) is 0 Å². The molecule has 0 fully saturated rings. The van der Waals surface area contributed by atoms with Gasteiger partial charge in [0.1, 0.15) is 5.75 Å². The molecule has 1 unspecified atom stereocenters. The predicted molar refractivity (Wildman–Crippen MR) is 119 cm³/mol.